The van der Waals surface area contributed by atoms with Crippen molar-refractivity contribution >= 4 is 27.5 Å². The number of ether oxygens (including phenoxy) is 1. The molecule has 1 aromatic carbocycles. The van der Waals surface area contributed by atoms with E-state index in [2.05, 4.69) is 10.5 Å². The molecule has 2 aromatic rings. The van der Waals surface area contributed by atoms with Gasteiger partial charge in [0.25, 0.3) is 5.91 Å². The molecule has 0 unspecified atom stereocenters. The molecule has 0 aliphatic rings. The monoisotopic (exact) mass is 338 g/mol. The van der Waals surface area contributed by atoms with E-state index in [1.807, 2.05) is 0 Å². The molecule has 9 heteroatoms. The number of nitrogens with zero attached hydrogens (tertiary/aromatic N) is 1. The third-order valence-electron chi connectivity index (χ3n) is 2.75. The van der Waals surface area contributed by atoms with Crippen molar-refractivity contribution in [3.8, 4) is 0 Å². The first-order chi connectivity index (χ1) is 10.8. The van der Waals surface area contributed by atoms with Gasteiger partial charge >= 0.3 is 5.97 Å². The molecule has 0 spiro atoms. The normalized spacial score (nSPS) is 11.0. The SMILES string of the molecule is Cc1cc(NC(=O)COC(=O)c2ccc(S(C)(=O)=O)cc2)no1. The first kappa shape index (κ1) is 16.7. The van der Waals surface area contributed by atoms with Crippen molar-refractivity contribution in [1.82, 2.24) is 5.16 Å². The number of sulfone groups is 1. The lowest BCUT2D eigenvalue weighted by molar-refractivity contribution is -0.119. The summed E-state index contributed by atoms with van der Waals surface area (Å²) in [4.78, 5) is 23.5. The minimum Gasteiger partial charge on any atom is -0.452 e. The van der Waals surface area contributed by atoms with Gasteiger partial charge in [-0.3, -0.25) is 4.79 Å². The highest BCUT2D eigenvalue weighted by Crippen LogP contribution is 2.11. The lowest BCUT2D eigenvalue weighted by atomic mass is 10.2. The fourth-order valence-corrected chi connectivity index (χ4v) is 2.29. The van der Waals surface area contributed by atoms with Gasteiger partial charge < -0.3 is 14.6 Å². The molecule has 0 atom stereocenters. The minimum atomic E-state index is -3.34. The summed E-state index contributed by atoms with van der Waals surface area (Å²) >= 11 is 0. The molecule has 1 heterocycles. The predicted molar refractivity (Wildman–Crippen MR) is 79.7 cm³/mol. The zero-order valence-electron chi connectivity index (χ0n) is 12.4. The first-order valence-corrected chi connectivity index (χ1v) is 8.35. The van der Waals surface area contributed by atoms with Gasteiger partial charge in [0.2, 0.25) is 0 Å². The second kappa shape index (κ2) is 6.61. The molecule has 1 amide bonds. The van der Waals surface area contributed by atoms with Crippen LogP contribution < -0.4 is 5.32 Å². The Labute approximate surface area is 132 Å². The van der Waals surface area contributed by atoms with Gasteiger partial charge in [-0.25, -0.2) is 13.2 Å². The Bertz CT molecular complexity index is 823. The molecule has 0 aliphatic carbocycles. The fraction of sp³-hybridized carbons (Fsp3) is 0.214. The summed E-state index contributed by atoms with van der Waals surface area (Å²) in [6.45, 7) is 1.17. The van der Waals surface area contributed by atoms with Crippen LogP contribution in [-0.2, 0) is 19.4 Å². The number of esters is 1. The number of anilines is 1. The number of carbonyl (C=O) groups excluding carboxylic acids is 2. The summed E-state index contributed by atoms with van der Waals surface area (Å²) in [5.74, 6) is -0.555. The summed E-state index contributed by atoms with van der Waals surface area (Å²) in [7, 11) is -3.34. The van der Waals surface area contributed by atoms with E-state index in [1.165, 1.54) is 30.3 Å². The molecular formula is C14H14N2O6S. The first-order valence-electron chi connectivity index (χ1n) is 6.46. The van der Waals surface area contributed by atoms with Crippen LogP contribution in [0.4, 0.5) is 5.82 Å². The summed E-state index contributed by atoms with van der Waals surface area (Å²) in [6, 6.07) is 6.74. The zero-order valence-corrected chi connectivity index (χ0v) is 13.2. The topological polar surface area (TPSA) is 116 Å². The van der Waals surface area contributed by atoms with Gasteiger partial charge in [0.05, 0.1) is 10.5 Å². The predicted octanol–water partition coefficient (Wildman–Crippen LogP) is 1.18. The molecule has 0 aliphatic heterocycles. The summed E-state index contributed by atoms with van der Waals surface area (Å²) in [6.07, 6.45) is 1.07. The van der Waals surface area contributed by atoms with Crippen LogP contribution in [0, 0.1) is 6.92 Å². The Balaban J connectivity index is 1.90. The summed E-state index contributed by atoms with van der Waals surface area (Å²) in [5.41, 5.74) is 0.141. The van der Waals surface area contributed by atoms with Crippen LogP contribution in [0.25, 0.3) is 0 Å². The Morgan fingerprint density at radius 2 is 1.91 bits per heavy atom. The number of aromatic nitrogens is 1. The molecule has 0 saturated heterocycles. The highest BCUT2D eigenvalue weighted by atomic mass is 32.2. The lowest BCUT2D eigenvalue weighted by Gasteiger charge is -2.05. The Morgan fingerprint density at radius 1 is 1.26 bits per heavy atom. The zero-order chi connectivity index (χ0) is 17.0. The van der Waals surface area contributed by atoms with E-state index in [4.69, 9.17) is 9.26 Å². The Morgan fingerprint density at radius 3 is 2.43 bits per heavy atom. The lowest BCUT2D eigenvalue weighted by Crippen LogP contribution is -2.21. The van der Waals surface area contributed by atoms with Crippen molar-refractivity contribution in [2.24, 2.45) is 0 Å². The van der Waals surface area contributed by atoms with Crippen LogP contribution in [0.2, 0.25) is 0 Å². The number of aryl methyl sites for hydroxylation is 1. The van der Waals surface area contributed by atoms with Crippen LogP contribution >= 0.6 is 0 Å². The molecule has 122 valence electrons. The number of rotatable bonds is 5. The number of hydrogen-bond donors (Lipinski definition) is 1. The highest BCUT2D eigenvalue weighted by Gasteiger charge is 2.13. The van der Waals surface area contributed by atoms with E-state index < -0.39 is 28.3 Å². The summed E-state index contributed by atoms with van der Waals surface area (Å²) < 4.78 is 32.3. The van der Waals surface area contributed by atoms with Crippen LogP contribution in [0.15, 0.2) is 39.8 Å². The summed E-state index contributed by atoms with van der Waals surface area (Å²) in [5, 5.41) is 5.97. The van der Waals surface area contributed by atoms with E-state index in [1.54, 1.807) is 6.92 Å². The highest BCUT2D eigenvalue weighted by molar-refractivity contribution is 7.90. The van der Waals surface area contributed by atoms with Crippen molar-refractivity contribution < 1.29 is 27.3 Å². The molecule has 0 bridgehead atoms. The van der Waals surface area contributed by atoms with Crippen LogP contribution in [0.1, 0.15) is 16.1 Å². The van der Waals surface area contributed by atoms with E-state index >= 15 is 0 Å². The number of amides is 1. The Kier molecular flexibility index (Phi) is 4.80. The van der Waals surface area contributed by atoms with E-state index in [0.29, 0.717) is 5.76 Å². The van der Waals surface area contributed by atoms with Crippen molar-refractivity contribution in [3.63, 3.8) is 0 Å². The van der Waals surface area contributed by atoms with Crippen LogP contribution in [0.3, 0.4) is 0 Å². The maximum Gasteiger partial charge on any atom is 0.338 e. The van der Waals surface area contributed by atoms with Crippen molar-refractivity contribution in [2.75, 3.05) is 18.2 Å². The van der Waals surface area contributed by atoms with Crippen LogP contribution in [0.5, 0.6) is 0 Å². The van der Waals surface area contributed by atoms with Gasteiger partial charge in [-0.1, -0.05) is 5.16 Å². The van der Waals surface area contributed by atoms with E-state index in [-0.39, 0.29) is 16.3 Å². The van der Waals surface area contributed by atoms with Gasteiger partial charge in [-0.2, -0.15) is 0 Å². The molecule has 0 saturated carbocycles. The van der Waals surface area contributed by atoms with Gasteiger partial charge in [-0.15, -0.1) is 0 Å². The quantitative estimate of drug-likeness (QED) is 0.814. The number of nitrogens with one attached hydrogen (secondary N) is 1. The number of hydrogen-bond acceptors (Lipinski definition) is 7. The van der Waals surface area contributed by atoms with Gasteiger partial charge in [-0.05, 0) is 31.2 Å². The minimum absolute atomic E-state index is 0.0909. The number of carbonyl (C=O) groups is 2. The van der Waals surface area contributed by atoms with Crippen molar-refractivity contribution in [3.05, 3.63) is 41.7 Å². The second-order valence-electron chi connectivity index (χ2n) is 4.74. The third kappa shape index (κ3) is 4.65. The van der Waals surface area contributed by atoms with E-state index in [0.717, 1.165) is 6.26 Å². The molecule has 8 nitrogen and oxygen atoms in total. The van der Waals surface area contributed by atoms with Crippen LogP contribution in [-0.4, -0.2) is 38.3 Å². The maximum atomic E-state index is 11.8. The van der Waals surface area contributed by atoms with Crippen molar-refractivity contribution in [1.29, 1.82) is 0 Å². The average molecular weight is 338 g/mol. The Hall–Kier alpha value is -2.68. The average Bonchev–Trinajstić information content (AvgIpc) is 2.89. The van der Waals surface area contributed by atoms with Gasteiger partial charge in [0.15, 0.2) is 22.3 Å². The molecule has 0 radical (unpaired) electrons. The molecule has 2 rings (SSSR count). The molecule has 23 heavy (non-hydrogen) atoms. The number of benzene rings is 1. The third-order valence-corrected chi connectivity index (χ3v) is 3.88. The molecular weight excluding hydrogens is 324 g/mol. The molecule has 1 aromatic heterocycles. The van der Waals surface area contributed by atoms with Gasteiger partial charge in [0.1, 0.15) is 5.76 Å². The van der Waals surface area contributed by atoms with E-state index in [9.17, 15) is 18.0 Å². The standard InChI is InChI=1S/C14H14N2O6S/c1-9-7-12(16-22-9)15-13(17)8-21-14(18)10-3-5-11(6-4-10)23(2,19)20/h3-7H,8H2,1-2H3,(H,15,16,17). The van der Waals surface area contributed by atoms with Crippen molar-refractivity contribution in [2.45, 2.75) is 11.8 Å². The smallest absolute Gasteiger partial charge is 0.338 e. The second-order valence-corrected chi connectivity index (χ2v) is 6.76. The molecule has 1 N–H and O–H groups in total. The largest absolute Gasteiger partial charge is 0.452 e. The fourth-order valence-electron chi connectivity index (χ4n) is 1.66. The van der Waals surface area contributed by atoms with Gasteiger partial charge in [0, 0.05) is 12.3 Å². The molecule has 0 fully saturated rings. The maximum absolute atomic E-state index is 11.8.